The highest BCUT2D eigenvalue weighted by Gasteiger charge is 2.52. The number of hydrogen-bond donors (Lipinski definition) is 3. The summed E-state index contributed by atoms with van der Waals surface area (Å²) in [6.07, 6.45) is 3.44. The zero-order valence-electron chi connectivity index (χ0n) is 22.6. The minimum Gasteiger partial charge on any atom is -0.508 e. The van der Waals surface area contributed by atoms with E-state index in [9.17, 15) is 5.11 Å². The fraction of sp³-hybridized carbons (Fsp3) is 0.355. The number of benzene rings is 3. The number of nitrogens with zero attached hydrogens (tertiary/aromatic N) is 4. The molecule has 0 unspecified atom stereocenters. The van der Waals surface area contributed by atoms with Crippen LogP contribution in [-0.2, 0) is 5.41 Å². The van der Waals surface area contributed by atoms with E-state index in [-0.39, 0.29) is 16.7 Å². The van der Waals surface area contributed by atoms with Crippen molar-refractivity contribution in [2.45, 2.75) is 64.7 Å². The highest BCUT2D eigenvalue weighted by atomic mass is 16.3. The second-order valence-electron chi connectivity index (χ2n) is 10.1. The maximum atomic E-state index is 11.2. The number of nitrogens with one attached hydrogen (secondary N) is 2. The summed E-state index contributed by atoms with van der Waals surface area (Å²) in [7, 11) is 0. The number of aromatic hydroxyl groups is 1. The lowest BCUT2D eigenvalue weighted by molar-refractivity contribution is 0.122. The molecule has 0 aliphatic rings. The SMILES string of the molecule is C=C(C(c1cccc2n[nH]nc12)c1cccc2n[nH]nc12)C(CC)(CC)C(CC)(CC)c1ccccc1O. The molecule has 7 heteroatoms. The Hall–Kier alpha value is -4.00. The van der Waals surface area contributed by atoms with Crippen LogP contribution in [0.4, 0.5) is 0 Å². The molecule has 2 heterocycles. The number of aromatic nitrogens is 6. The van der Waals surface area contributed by atoms with Crippen LogP contribution in [0, 0.1) is 5.41 Å². The van der Waals surface area contributed by atoms with Crippen molar-refractivity contribution in [1.29, 1.82) is 0 Å². The molecule has 0 saturated carbocycles. The van der Waals surface area contributed by atoms with E-state index in [1.54, 1.807) is 6.07 Å². The first-order chi connectivity index (χ1) is 18.5. The first-order valence-electron chi connectivity index (χ1n) is 13.5. The molecule has 0 spiro atoms. The number of para-hydroxylation sites is 3. The lowest BCUT2D eigenvalue weighted by atomic mass is 9.50. The molecule has 3 aromatic carbocycles. The third-order valence-corrected chi connectivity index (χ3v) is 9.09. The van der Waals surface area contributed by atoms with Gasteiger partial charge in [-0.15, -0.1) is 0 Å². The molecule has 0 radical (unpaired) electrons. The molecule has 196 valence electrons. The van der Waals surface area contributed by atoms with Gasteiger partial charge in [0, 0.05) is 22.3 Å². The summed E-state index contributed by atoms with van der Waals surface area (Å²) < 4.78 is 0. The van der Waals surface area contributed by atoms with E-state index in [2.05, 4.69) is 76.7 Å². The van der Waals surface area contributed by atoms with Crippen LogP contribution < -0.4 is 0 Å². The molecule has 0 saturated heterocycles. The number of aromatic amines is 2. The van der Waals surface area contributed by atoms with Crippen LogP contribution in [0.3, 0.4) is 0 Å². The second-order valence-corrected chi connectivity index (χ2v) is 10.1. The van der Waals surface area contributed by atoms with Crippen molar-refractivity contribution < 1.29 is 5.11 Å². The van der Waals surface area contributed by atoms with Gasteiger partial charge in [-0.25, -0.2) is 0 Å². The van der Waals surface area contributed by atoms with Gasteiger partial charge in [0.25, 0.3) is 0 Å². The number of allylic oxidation sites excluding steroid dienone is 1. The van der Waals surface area contributed by atoms with E-state index in [0.29, 0.717) is 5.75 Å². The quantitative estimate of drug-likeness (QED) is 0.173. The van der Waals surface area contributed by atoms with E-state index >= 15 is 0 Å². The van der Waals surface area contributed by atoms with Crippen LogP contribution in [0.25, 0.3) is 22.1 Å². The van der Waals surface area contributed by atoms with Crippen LogP contribution in [0.2, 0.25) is 0 Å². The van der Waals surface area contributed by atoms with E-state index in [1.165, 1.54) is 0 Å². The summed E-state index contributed by atoms with van der Waals surface area (Å²) in [5.41, 5.74) is 6.69. The standard InChI is InChI=1S/C31H36N6O/c1-6-30(7-2,31(8-3,9-4)23-16-10-11-19-26(23)38)20(5)27(21-14-12-17-24-28(21)34-36-32-24)22-15-13-18-25-29(22)35-37-33-25/h10-19,27,38H,5-9H2,1-4H3,(H,32,34,36)(H,33,35,37). The number of phenolic OH excluding ortho intramolecular Hbond substituents is 1. The van der Waals surface area contributed by atoms with E-state index < -0.39 is 0 Å². The van der Waals surface area contributed by atoms with Crippen molar-refractivity contribution >= 4 is 22.1 Å². The molecule has 0 atom stereocenters. The van der Waals surface area contributed by atoms with Gasteiger partial charge in [0.1, 0.15) is 27.8 Å². The lowest BCUT2D eigenvalue weighted by Gasteiger charge is -2.53. The lowest BCUT2D eigenvalue weighted by Crippen LogP contribution is -2.47. The molecule has 38 heavy (non-hydrogen) atoms. The largest absolute Gasteiger partial charge is 0.508 e. The number of fused-ring (bicyclic) bond motifs is 2. The Kier molecular flexibility index (Phi) is 6.78. The highest BCUT2D eigenvalue weighted by Crippen LogP contribution is 2.60. The predicted molar refractivity (Wildman–Crippen MR) is 152 cm³/mol. The van der Waals surface area contributed by atoms with Crippen LogP contribution in [0.1, 0.15) is 76.0 Å². The van der Waals surface area contributed by atoms with E-state index in [0.717, 1.165) is 70.0 Å². The molecule has 3 N–H and O–H groups in total. The van der Waals surface area contributed by atoms with Crippen LogP contribution >= 0.6 is 0 Å². The van der Waals surface area contributed by atoms with Gasteiger partial charge in [0.2, 0.25) is 0 Å². The monoisotopic (exact) mass is 508 g/mol. The Morgan fingerprint density at radius 3 is 1.74 bits per heavy atom. The third kappa shape index (κ3) is 3.63. The van der Waals surface area contributed by atoms with Gasteiger partial charge in [-0.2, -0.15) is 30.8 Å². The molecular formula is C31H36N6O. The normalized spacial score (nSPS) is 12.6. The summed E-state index contributed by atoms with van der Waals surface area (Å²) in [5, 5.41) is 34.7. The molecule has 0 bridgehead atoms. The smallest absolute Gasteiger partial charge is 0.119 e. The molecular weight excluding hydrogens is 472 g/mol. The number of hydrogen-bond acceptors (Lipinski definition) is 5. The summed E-state index contributed by atoms with van der Waals surface area (Å²) in [6, 6.07) is 20.0. The van der Waals surface area contributed by atoms with E-state index in [1.807, 2.05) is 36.4 Å². The topological polar surface area (TPSA) is 103 Å². The average molecular weight is 509 g/mol. The summed E-state index contributed by atoms with van der Waals surface area (Å²) in [5.74, 6) is 0.116. The van der Waals surface area contributed by atoms with Crippen molar-refractivity contribution in [1.82, 2.24) is 30.8 Å². The van der Waals surface area contributed by atoms with E-state index in [4.69, 9.17) is 6.58 Å². The minimum absolute atomic E-state index is 0.221. The average Bonchev–Trinajstić information content (AvgIpc) is 3.63. The molecule has 5 aromatic rings. The summed E-state index contributed by atoms with van der Waals surface area (Å²) in [6.45, 7) is 13.9. The third-order valence-electron chi connectivity index (χ3n) is 9.09. The molecule has 2 aromatic heterocycles. The fourth-order valence-electron chi connectivity index (χ4n) is 7.20. The van der Waals surface area contributed by atoms with Crippen LogP contribution in [0.5, 0.6) is 5.75 Å². The zero-order valence-corrected chi connectivity index (χ0v) is 22.6. The molecule has 5 rings (SSSR count). The van der Waals surface area contributed by atoms with Gasteiger partial charge in [0.15, 0.2) is 0 Å². The second kappa shape index (κ2) is 10.0. The van der Waals surface area contributed by atoms with Crippen molar-refractivity contribution in [3.05, 3.63) is 89.5 Å². The summed E-state index contributed by atoms with van der Waals surface area (Å²) in [4.78, 5) is 0. The molecule has 0 aliphatic heterocycles. The molecule has 0 aliphatic carbocycles. The first kappa shape index (κ1) is 25.6. The Bertz CT molecular complexity index is 1500. The van der Waals surface area contributed by atoms with Gasteiger partial charge >= 0.3 is 0 Å². The van der Waals surface area contributed by atoms with Gasteiger partial charge in [0.05, 0.1) is 0 Å². The van der Waals surface area contributed by atoms with Gasteiger partial charge < -0.3 is 5.11 Å². The predicted octanol–water partition coefficient (Wildman–Crippen LogP) is 7.19. The number of rotatable bonds is 10. The van der Waals surface area contributed by atoms with Gasteiger partial charge in [-0.05, 0) is 55.0 Å². The van der Waals surface area contributed by atoms with Crippen molar-refractivity contribution in [2.24, 2.45) is 5.41 Å². The first-order valence-corrected chi connectivity index (χ1v) is 13.5. The van der Waals surface area contributed by atoms with Crippen LogP contribution in [0.15, 0.2) is 72.8 Å². The Morgan fingerprint density at radius 2 is 1.26 bits per heavy atom. The van der Waals surface area contributed by atoms with Crippen LogP contribution in [-0.4, -0.2) is 35.9 Å². The number of H-pyrrole nitrogens is 2. The fourth-order valence-corrected chi connectivity index (χ4v) is 7.20. The van der Waals surface area contributed by atoms with Crippen molar-refractivity contribution in [3.63, 3.8) is 0 Å². The Balaban J connectivity index is 1.83. The minimum atomic E-state index is -0.349. The molecule has 0 amide bonds. The maximum absolute atomic E-state index is 11.2. The summed E-state index contributed by atoms with van der Waals surface area (Å²) >= 11 is 0. The van der Waals surface area contributed by atoms with Crippen molar-refractivity contribution in [2.75, 3.05) is 0 Å². The Labute approximate surface area is 223 Å². The highest BCUT2D eigenvalue weighted by molar-refractivity contribution is 5.83. The molecule has 7 nitrogen and oxygen atoms in total. The van der Waals surface area contributed by atoms with Crippen molar-refractivity contribution in [3.8, 4) is 5.75 Å². The molecule has 0 fully saturated rings. The van der Waals surface area contributed by atoms with Gasteiger partial charge in [-0.1, -0.05) is 82.3 Å². The van der Waals surface area contributed by atoms with Gasteiger partial charge in [-0.3, -0.25) is 0 Å². The Morgan fingerprint density at radius 1 is 0.737 bits per heavy atom. The maximum Gasteiger partial charge on any atom is 0.119 e. The number of phenols is 1. The zero-order chi connectivity index (χ0) is 26.9.